The second kappa shape index (κ2) is 9.69. The van der Waals surface area contributed by atoms with Crippen LogP contribution in [0.3, 0.4) is 0 Å². The third-order valence-electron chi connectivity index (χ3n) is 5.53. The van der Waals surface area contributed by atoms with Gasteiger partial charge in [0, 0.05) is 46.3 Å². The van der Waals surface area contributed by atoms with Crippen molar-refractivity contribution < 1.29 is 25.6 Å². The number of hydrogen-bond acceptors (Lipinski definition) is 9. The Kier molecular flexibility index (Phi) is 7.16. The Morgan fingerprint density at radius 3 is 2.54 bits per heavy atom. The summed E-state index contributed by atoms with van der Waals surface area (Å²) >= 11 is 1.01. The van der Waals surface area contributed by atoms with Crippen molar-refractivity contribution >= 4 is 58.1 Å². The lowest BCUT2D eigenvalue weighted by Gasteiger charge is -2.30. The number of pyridine rings is 1. The van der Waals surface area contributed by atoms with E-state index in [4.69, 9.17) is 10.7 Å². The van der Waals surface area contributed by atoms with Crippen LogP contribution in [0.4, 0.5) is 14.7 Å². The first-order valence-electron chi connectivity index (χ1n) is 10.2. The normalized spacial score (nSPS) is 16.3. The largest absolute Gasteiger partial charge is 0.351 e. The number of hydrogen-bond donors (Lipinski definition) is 1. The van der Waals surface area contributed by atoms with Crippen LogP contribution >= 0.6 is 22.0 Å². The average molecular weight is 568 g/mol. The van der Waals surface area contributed by atoms with E-state index < -0.39 is 42.4 Å². The van der Waals surface area contributed by atoms with Crippen molar-refractivity contribution in [1.29, 1.82) is 0 Å². The molecule has 4 heterocycles. The number of halogens is 3. The molecule has 0 saturated carbocycles. The second-order valence-corrected chi connectivity index (χ2v) is 13.8. The number of anilines is 1. The lowest BCUT2D eigenvalue weighted by atomic mass is 10.1. The molecule has 1 aliphatic heterocycles. The Labute approximate surface area is 208 Å². The minimum atomic E-state index is -3.99. The van der Waals surface area contributed by atoms with E-state index in [0.717, 1.165) is 28.2 Å². The second-order valence-electron chi connectivity index (χ2n) is 8.01. The molecule has 35 heavy (non-hydrogen) atoms. The van der Waals surface area contributed by atoms with Gasteiger partial charge in [0.15, 0.2) is 5.65 Å². The Morgan fingerprint density at radius 1 is 1.26 bits per heavy atom. The van der Waals surface area contributed by atoms with Crippen LogP contribution in [0.25, 0.3) is 16.7 Å². The molecule has 3 aromatic rings. The Bertz CT molecular complexity index is 1530. The van der Waals surface area contributed by atoms with Crippen molar-refractivity contribution in [3.63, 3.8) is 0 Å². The summed E-state index contributed by atoms with van der Waals surface area (Å²) in [6, 6.07) is 2.30. The first-order chi connectivity index (χ1) is 16.3. The summed E-state index contributed by atoms with van der Waals surface area (Å²) in [5.74, 6) is -0.473. The third kappa shape index (κ3) is 5.80. The molecule has 0 aliphatic carbocycles. The van der Waals surface area contributed by atoms with Gasteiger partial charge in [-0.1, -0.05) is 0 Å². The maximum absolute atomic E-state index is 13.6. The van der Waals surface area contributed by atoms with Gasteiger partial charge in [0.25, 0.3) is 12.0 Å². The summed E-state index contributed by atoms with van der Waals surface area (Å²) in [6.07, 6.45) is 0.355. The van der Waals surface area contributed by atoms with Gasteiger partial charge in [-0.2, -0.15) is 4.98 Å². The van der Waals surface area contributed by atoms with Crippen LogP contribution < -0.4 is 10.9 Å². The smallest absolute Gasteiger partial charge is 0.269 e. The zero-order valence-corrected chi connectivity index (χ0v) is 21.4. The van der Waals surface area contributed by atoms with Crippen molar-refractivity contribution in [1.82, 2.24) is 18.8 Å². The van der Waals surface area contributed by atoms with Crippen LogP contribution in [-0.2, 0) is 24.8 Å². The van der Waals surface area contributed by atoms with E-state index in [9.17, 15) is 30.4 Å². The summed E-state index contributed by atoms with van der Waals surface area (Å²) in [4.78, 5) is 21.8. The molecule has 0 aromatic carbocycles. The van der Waals surface area contributed by atoms with Crippen LogP contribution in [0, 0.1) is 0 Å². The highest BCUT2D eigenvalue weighted by atomic mass is 35.7. The van der Waals surface area contributed by atoms with Crippen molar-refractivity contribution in [3.05, 3.63) is 44.5 Å². The van der Waals surface area contributed by atoms with Crippen molar-refractivity contribution in [2.45, 2.75) is 31.1 Å². The topological polar surface area (TPSA) is 131 Å². The number of piperidine rings is 1. The summed E-state index contributed by atoms with van der Waals surface area (Å²) in [5.41, 5.74) is -1.72. The number of thiophene rings is 1. The molecule has 1 aliphatic rings. The van der Waals surface area contributed by atoms with Crippen LogP contribution in [0.5, 0.6) is 0 Å². The standard InChI is InChI=1S/C19H20ClF2N5O5S3/c1-34(29,30)26-5-2-12(3-6-26)24-19-23-9-11-8-13(16(21)22)18(28)27(17(11)25-19)14-4-7-33-15(14)10-35(20,31)32/h4,7-9,12,16H,2-3,5-6,10H2,1H3,(H,23,24,25). The van der Waals surface area contributed by atoms with Gasteiger partial charge in [-0.3, -0.25) is 9.36 Å². The number of aromatic nitrogens is 3. The van der Waals surface area contributed by atoms with Gasteiger partial charge in [0.05, 0.1) is 17.5 Å². The molecule has 16 heteroatoms. The van der Waals surface area contributed by atoms with E-state index in [2.05, 4.69) is 15.3 Å². The maximum Gasteiger partial charge on any atom is 0.269 e. The Balaban J connectivity index is 1.76. The van der Waals surface area contributed by atoms with Gasteiger partial charge in [-0.25, -0.2) is 34.9 Å². The predicted octanol–water partition coefficient (Wildman–Crippen LogP) is 2.68. The quantitative estimate of drug-likeness (QED) is 0.431. The van der Waals surface area contributed by atoms with E-state index in [0.29, 0.717) is 25.9 Å². The summed E-state index contributed by atoms with van der Waals surface area (Å²) in [7, 11) is -1.89. The summed E-state index contributed by atoms with van der Waals surface area (Å²) in [5, 5.41) is 4.79. The molecule has 10 nitrogen and oxygen atoms in total. The number of nitrogens with zero attached hydrogens (tertiary/aromatic N) is 4. The fourth-order valence-electron chi connectivity index (χ4n) is 3.88. The van der Waals surface area contributed by atoms with Crippen LogP contribution in [0.2, 0.25) is 0 Å². The highest BCUT2D eigenvalue weighted by Crippen LogP contribution is 2.28. The van der Waals surface area contributed by atoms with Gasteiger partial charge in [-0.05, 0) is 30.4 Å². The zero-order valence-electron chi connectivity index (χ0n) is 18.2. The molecule has 3 aromatic heterocycles. The third-order valence-corrected chi connectivity index (χ3v) is 8.88. The minimum Gasteiger partial charge on any atom is -0.351 e. The van der Waals surface area contributed by atoms with Crippen molar-refractivity contribution in [2.75, 3.05) is 24.7 Å². The highest BCUT2D eigenvalue weighted by molar-refractivity contribution is 8.13. The monoisotopic (exact) mass is 567 g/mol. The van der Waals surface area contributed by atoms with Crippen molar-refractivity contribution in [2.24, 2.45) is 0 Å². The van der Waals surface area contributed by atoms with E-state index in [1.807, 2.05) is 0 Å². The lowest BCUT2D eigenvalue weighted by molar-refractivity contribution is 0.149. The van der Waals surface area contributed by atoms with Crippen LogP contribution in [0.1, 0.15) is 29.7 Å². The van der Waals surface area contributed by atoms with Gasteiger partial charge in [0.2, 0.25) is 25.0 Å². The number of fused-ring (bicyclic) bond motifs is 1. The molecule has 1 saturated heterocycles. The van der Waals surface area contributed by atoms with Gasteiger partial charge < -0.3 is 5.32 Å². The number of rotatable bonds is 7. The highest BCUT2D eigenvalue weighted by Gasteiger charge is 2.26. The molecule has 0 spiro atoms. The molecule has 4 rings (SSSR count). The number of alkyl halides is 2. The van der Waals surface area contributed by atoms with E-state index in [1.54, 1.807) is 0 Å². The minimum absolute atomic E-state index is 0.0112. The van der Waals surface area contributed by atoms with Gasteiger partial charge in [0.1, 0.15) is 5.75 Å². The van der Waals surface area contributed by atoms with Crippen LogP contribution in [0.15, 0.2) is 28.5 Å². The van der Waals surface area contributed by atoms with E-state index >= 15 is 0 Å². The first kappa shape index (κ1) is 25.9. The van der Waals surface area contributed by atoms with E-state index in [1.165, 1.54) is 21.9 Å². The van der Waals surface area contributed by atoms with Gasteiger partial charge in [-0.15, -0.1) is 11.3 Å². The average Bonchev–Trinajstić information content (AvgIpc) is 3.18. The molecule has 1 fully saturated rings. The molecule has 0 radical (unpaired) electrons. The molecular formula is C19H20ClF2N5O5S3. The van der Waals surface area contributed by atoms with Crippen LogP contribution in [-0.4, -0.2) is 61.1 Å². The van der Waals surface area contributed by atoms with Crippen molar-refractivity contribution in [3.8, 4) is 5.69 Å². The molecular weight excluding hydrogens is 548 g/mol. The molecule has 190 valence electrons. The molecule has 1 N–H and O–H groups in total. The first-order valence-corrected chi connectivity index (χ1v) is 15.5. The Morgan fingerprint density at radius 2 is 1.94 bits per heavy atom. The number of sulfonamides is 1. The SMILES string of the molecule is CS(=O)(=O)N1CCC(Nc2ncc3cc(C(F)F)c(=O)n(-c4ccsc4CS(=O)(=O)Cl)c3n2)CC1. The fraction of sp³-hybridized carbons (Fsp3) is 0.421. The molecule has 0 atom stereocenters. The summed E-state index contributed by atoms with van der Waals surface area (Å²) < 4.78 is 76.3. The zero-order chi connectivity index (χ0) is 25.5. The Hall–Kier alpha value is -2.20. The molecule has 0 bridgehead atoms. The summed E-state index contributed by atoms with van der Waals surface area (Å²) in [6.45, 7) is 0.634. The van der Waals surface area contributed by atoms with Gasteiger partial charge >= 0.3 is 0 Å². The lowest BCUT2D eigenvalue weighted by Crippen LogP contribution is -2.42. The molecule has 0 amide bonds. The molecule has 0 unspecified atom stereocenters. The fourth-order valence-corrected chi connectivity index (χ4v) is 7.11. The number of nitrogens with one attached hydrogen (secondary N) is 1. The van der Waals surface area contributed by atoms with E-state index in [-0.39, 0.29) is 33.6 Å². The predicted molar refractivity (Wildman–Crippen MR) is 130 cm³/mol. The maximum atomic E-state index is 13.6.